The second-order valence-corrected chi connectivity index (χ2v) is 4.79. The lowest BCUT2D eigenvalue weighted by molar-refractivity contribution is 0.0994. The normalized spacial score (nSPS) is 10.2. The monoisotopic (exact) mass is 305 g/mol. The van der Waals surface area contributed by atoms with E-state index in [9.17, 15) is 4.79 Å². The summed E-state index contributed by atoms with van der Waals surface area (Å²) in [5.41, 5.74) is 7.11. The number of hydrogen-bond donors (Lipinski definition) is 2. The molecule has 7 heteroatoms. The molecular formula is C14H15N3O3S. The summed E-state index contributed by atoms with van der Waals surface area (Å²) in [4.78, 5) is 16.5. The van der Waals surface area contributed by atoms with E-state index < -0.39 is 5.91 Å². The van der Waals surface area contributed by atoms with Gasteiger partial charge >= 0.3 is 0 Å². The topological polar surface area (TPSA) is 90.4 Å². The Kier molecular flexibility index (Phi) is 4.23. The number of hydrogen-bond acceptors (Lipinski definition) is 5. The van der Waals surface area contributed by atoms with Crippen molar-refractivity contribution in [1.82, 2.24) is 4.98 Å². The number of amides is 1. The number of anilines is 1. The number of nitrogens with one attached hydrogen (secondary N) is 1. The van der Waals surface area contributed by atoms with Gasteiger partial charge in [-0.25, -0.2) is 4.98 Å². The molecule has 3 N–H and O–H groups in total. The second-order valence-electron chi connectivity index (χ2n) is 4.35. The fourth-order valence-electron chi connectivity index (χ4n) is 1.95. The Morgan fingerprint density at radius 1 is 1.43 bits per heavy atom. The van der Waals surface area contributed by atoms with Gasteiger partial charge < -0.3 is 20.2 Å². The van der Waals surface area contributed by atoms with Crippen LogP contribution in [-0.2, 0) is 0 Å². The number of carbonyl (C=O) groups is 1. The van der Waals surface area contributed by atoms with Gasteiger partial charge in [0.25, 0.3) is 5.91 Å². The van der Waals surface area contributed by atoms with Crippen LogP contribution in [0.2, 0.25) is 0 Å². The molecule has 0 unspecified atom stereocenters. The van der Waals surface area contributed by atoms with E-state index in [0.29, 0.717) is 28.6 Å². The minimum Gasteiger partial charge on any atom is -0.495 e. The van der Waals surface area contributed by atoms with Crippen molar-refractivity contribution in [2.45, 2.75) is 13.8 Å². The summed E-state index contributed by atoms with van der Waals surface area (Å²) in [6.45, 7) is 3.37. The first-order chi connectivity index (χ1) is 9.93. The largest absolute Gasteiger partial charge is 0.495 e. The number of aromatic nitrogens is 1. The van der Waals surface area contributed by atoms with Crippen LogP contribution in [-0.4, -0.2) is 23.0 Å². The first-order valence-corrected chi connectivity index (χ1v) is 6.57. The van der Waals surface area contributed by atoms with Gasteiger partial charge in [0, 0.05) is 12.5 Å². The quantitative estimate of drug-likeness (QED) is 0.841. The number of rotatable bonds is 4. The summed E-state index contributed by atoms with van der Waals surface area (Å²) in [6.07, 6.45) is 0. The Hall–Kier alpha value is -2.41. The van der Waals surface area contributed by atoms with Crippen LogP contribution in [0.15, 0.2) is 22.6 Å². The number of nitrogens with zero attached hydrogens (tertiary/aromatic N) is 1. The van der Waals surface area contributed by atoms with Crippen molar-refractivity contribution in [2.75, 3.05) is 12.4 Å². The number of oxazole rings is 1. The van der Waals surface area contributed by atoms with Crippen molar-refractivity contribution in [2.24, 2.45) is 5.73 Å². The number of aryl methyl sites for hydroxylation is 2. The number of benzene rings is 1. The maximum Gasteiger partial charge on any atom is 0.293 e. The molecule has 6 nitrogen and oxygen atoms in total. The third-order valence-corrected chi connectivity index (χ3v) is 3.08. The number of methoxy groups -OCH3 is 1. The Balaban J connectivity index is 2.41. The molecular weight excluding hydrogens is 290 g/mol. The molecule has 0 aliphatic carbocycles. The average Bonchev–Trinajstić information content (AvgIpc) is 2.77. The summed E-state index contributed by atoms with van der Waals surface area (Å²) in [6, 6.07) is 5.15. The van der Waals surface area contributed by atoms with Crippen LogP contribution in [0, 0.1) is 13.8 Å². The molecule has 0 radical (unpaired) electrons. The van der Waals surface area contributed by atoms with Crippen LogP contribution in [0.1, 0.15) is 27.7 Å². The molecule has 1 amide bonds. The zero-order valence-corrected chi connectivity index (χ0v) is 12.7. The third-order valence-electron chi connectivity index (χ3n) is 2.86. The van der Waals surface area contributed by atoms with Gasteiger partial charge in [0.15, 0.2) is 5.89 Å². The van der Waals surface area contributed by atoms with Crippen LogP contribution < -0.4 is 15.8 Å². The molecule has 2 aromatic rings. The average molecular weight is 305 g/mol. The fourth-order valence-corrected chi connectivity index (χ4v) is 2.12. The van der Waals surface area contributed by atoms with Gasteiger partial charge in [0.2, 0.25) is 5.76 Å². The van der Waals surface area contributed by atoms with Gasteiger partial charge in [0.05, 0.1) is 18.5 Å². The minimum atomic E-state index is -0.435. The van der Waals surface area contributed by atoms with E-state index in [4.69, 9.17) is 27.1 Å². The Morgan fingerprint density at radius 3 is 2.67 bits per heavy atom. The van der Waals surface area contributed by atoms with Gasteiger partial charge in [-0.3, -0.25) is 4.79 Å². The number of carbonyl (C=O) groups excluding carboxylic acids is 1. The maximum absolute atomic E-state index is 12.3. The zero-order valence-electron chi connectivity index (χ0n) is 11.9. The lowest BCUT2D eigenvalue weighted by Crippen LogP contribution is -2.18. The smallest absolute Gasteiger partial charge is 0.293 e. The summed E-state index contributed by atoms with van der Waals surface area (Å²) in [5, 5.41) is 2.72. The first kappa shape index (κ1) is 15.0. The second kappa shape index (κ2) is 5.92. The molecule has 0 spiro atoms. The number of ether oxygens (including phenoxy) is 1. The minimum absolute atomic E-state index is 0.146. The third kappa shape index (κ3) is 3.03. The van der Waals surface area contributed by atoms with Gasteiger partial charge in [0.1, 0.15) is 10.7 Å². The highest BCUT2D eigenvalue weighted by molar-refractivity contribution is 7.80. The molecule has 1 aromatic heterocycles. The fraction of sp³-hybridized carbons (Fsp3) is 0.214. The molecule has 0 bridgehead atoms. The number of nitrogens with two attached hydrogens (primary N) is 1. The summed E-state index contributed by atoms with van der Waals surface area (Å²) < 4.78 is 10.5. The van der Waals surface area contributed by atoms with Gasteiger partial charge in [-0.2, -0.15) is 0 Å². The van der Waals surface area contributed by atoms with Crippen molar-refractivity contribution in [3.05, 3.63) is 41.1 Å². The van der Waals surface area contributed by atoms with E-state index in [1.165, 1.54) is 7.11 Å². The van der Waals surface area contributed by atoms with E-state index in [1.807, 2.05) is 0 Å². The molecule has 0 aliphatic rings. The van der Waals surface area contributed by atoms with Crippen LogP contribution in [0.4, 0.5) is 5.69 Å². The number of thiocarbonyl (C=S) groups is 1. The van der Waals surface area contributed by atoms with Gasteiger partial charge in [-0.05, 0) is 19.1 Å². The highest BCUT2D eigenvalue weighted by Gasteiger charge is 2.20. The van der Waals surface area contributed by atoms with Crippen molar-refractivity contribution in [1.29, 1.82) is 0 Å². The Labute approximate surface area is 127 Å². The van der Waals surface area contributed by atoms with Crippen LogP contribution in [0.25, 0.3) is 0 Å². The maximum atomic E-state index is 12.3. The van der Waals surface area contributed by atoms with Crippen LogP contribution >= 0.6 is 12.2 Å². The molecule has 2 rings (SSSR count). The van der Waals surface area contributed by atoms with E-state index in [2.05, 4.69) is 10.3 Å². The molecule has 0 aliphatic heterocycles. The number of para-hydroxylation sites is 1. The van der Waals surface area contributed by atoms with E-state index in [-0.39, 0.29) is 10.7 Å². The molecule has 0 saturated heterocycles. The lowest BCUT2D eigenvalue weighted by atomic mass is 10.1. The molecule has 21 heavy (non-hydrogen) atoms. The SMILES string of the molecule is COc1cccc(C(N)=S)c1NC(=O)c1oc(C)nc1C. The first-order valence-electron chi connectivity index (χ1n) is 6.16. The standard InChI is InChI=1S/C14H15N3O3S/c1-7-12(20-8(2)16-7)14(18)17-11-9(13(15)21)5-4-6-10(11)19-3/h4-6H,1-3H3,(H2,15,21)(H,17,18). The van der Waals surface area contributed by atoms with Crippen molar-refractivity contribution < 1.29 is 13.9 Å². The van der Waals surface area contributed by atoms with E-state index in [1.54, 1.807) is 32.0 Å². The van der Waals surface area contributed by atoms with Crippen LogP contribution in [0.3, 0.4) is 0 Å². The highest BCUT2D eigenvalue weighted by Crippen LogP contribution is 2.29. The van der Waals surface area contributed by atoms with Crippen molar-refractivity contribution in [3.63, 3.8) is 0 Å². The molecule has 110 valence electrons. The Morgan fingerprint density at radius 2 is 2.14 bits per heavy atom. The predicted molar refractivity (Wildman–Crippen MR) is 82.8 cm³/mol. The van der Waals surface area contributed by atoms with Gasteiger partial charge in [-0.1, -0.05) is 18.3 Å². The summed E-state index contributed by atoms with van der Waals surface area (Å²) >= 11 is 4.99. The molecule has 0 saturated carbocycles. The molecule has 0 fully saturated rings. The van der Waals surface area contributed by atoms with Crippen molar-refractivity contribution in [3.8, 4) is 5.75 Å². The zero-order chi connectivity index (χ0) is 15.6. The van der Waals surface area contributed by atoms with Gasteiger partial charge in [-0.15, -0.1) is 0 Å². The van der Waals surface area contributed by atoms with Crippen molar-refractivity contribution >= 4 is 28.8 Å². The predicted octanol–water partition coefficient (Wildman–Crippen LogP) is 2.19. The Bertz CT molecular complexity index is 709. The molecule has 0 atom stereocenters. The molecule has 1 aromatic carbocycles. The van der Waals surface area contributed by atoms with Crippen LogP contribution in [0.5, 0.6) is 5.75 Å². The highest BCUT2D eigenvalue weighted by atomic mass is 32.1. The summed E-state index contributed by atoms with van der Waals surface area (Å²) in [7, 11) is 1.50. The van der Waals surface area contributed by atoms with E-state index >= 15 is 0 Å². The van der Waals surface area contributed by atoms with E-state index in [0.717, 1.165) is 0 Å². The molecule has 1 heterocycles. The summed E-state index contributed by atoms with van der Waals surface area (Å²) in [5.74, 6) is 0.595. The lowest BCUT2D eigenvalue weighted by Gasteiger charge is -2.13.